The van der Waals surface area contributed by atoms with Gasteiger partial charge in [0.1, 0.15) is 5.75 Å². The molecule has 1 unspecified atom stereocenters. The fraction of sp³-hybridized carbons (Fsp3) is 0.111. The number of rotatable bonds is 1. The van der Waals surface area contributed by atoms with Gasteiger partial charge in [0, 0.05) is 0 Å². The van der Waals surface area contributed by atoms with Gasteiger partial charge in [0.25, 0.3) is 0 Å². The van der Waals surface area contributed by atoms with Crippen LogP contribution in [0.4, 0.5) is 0 Å². The van der Waals surface area contributed by atoms with E-state index in [-0.39, 0.29) is 6.04 Å². The van der Waals surface area contributed by atoms with E-state index in [4.69, 9.17) is 4.84 Å². The maximum atomic E-state index is 5.69. The van der Waals surface area contributed by atoms with Crippen molar-refractivity contribution in [1.82, 2.24) is 5.48 Å². The van der Waals surface area contributed by atoms with E-state index in [9.17, 15) is 0 Å². The molecule has 2 nitrogen and oxygen atoms in total. The van der Waals surface area contributed by atoms with Gasteiger partial charge >= 0.3 is 0 Å². The third kappa shape index (κ3) is 1.86. The van der Waals surface area contributed by atoms with Crippen LogP contribution < -0.4 is 10.3 Å². The first-order valence-electron chi connectivity index (χ1n) is 6.90. The van der Waals surface area contributed by atoms with Gasteiger partial charge in [0.05, 0.1) is 6.04 Å². The molecule has 0 aliphatic carbocycles. The fourth-order valence-electron chi connectivity index (χ4n) is 2.90. The monoisotopic (exact) mass is 261 g/mol. The summed E-state index contributed by atoms with van der Waals surface area (Å²) < 4.78 is 0. The molecular weight excluding hydrogens is 246 g/mol. The Morgan fingerprint density at radius 1 is 0.850 bits per heavy atom. The van der Waals surface area contributed by atoms with E-state index in [1.54, 1.807) is 0 Å². The molecular formula is C18H15NO. The zero-order chi connectivity index (χ0) is 13.4. The molecule has 4 rings (SSSR count). The van der Waals surface area contributed by atoms with Crippen LogP contribution in [-0.4, -0.2) is 0 Å². The lowest BCUT2D eigenvalue weighted by molar-refractivity contribution is 0.135. The van der Waals surface area contributed by atoms with Crippen LogP contribution in [0.1, 0.15) is 17.2 Å². The minimum atomic E-state index is 0.191. The minimum absolute atomic E-state index is 0.191. The Morgan fingerprint density at radius 3 is 2.65 bits per heavy atom. The number of hydrogen-bond acceptors (Lipinski definition) is 2. The molecule has 2 heteroatoms. The molecule has 0 amide bonds. The van der Waals surface area contributed by atoms with Crippen LogP contribution >= 0.6 is 0 Å². The smallest absolute Gasteiger partial charge is 0.150 e. The molecule has 0 aromatic heterocycles. The first-order valence-corrected chi connectivity index (χ1v) is 6.90. The predicted molar refractivity (Wildman–Crippen MR) is 80.6 cm³/mol. The van der Waals surface area contributed by atoms with Crippen molar-refractivity contribution in [2.24, 2.45) is 0 Å². The SMILES string of the molecule is c1ccc2c(c1)CC(c1cccc3ccccc13)NO2. The zero-order valence-electron chi connectivity index (χ0n) is 11.0. The third-order valence-electron chi connectivity index (χ3n) is 3.91. The van der Waals surface area contributed by atoms with Crippen molar-refractivity contribution in [3.8, 4) is 5.75 Å². The number of fused-ring (bicyclic) bond motifs is 2. The van der Waals surface area contributed by atoms with Crippen molar-refractivity contribution in [2.75, 3.05) is 0 Å². The minimum Gasteiger partial charge on any atom is -0.408 e. The summed E-state index contributed by atoms with van der Waals surface area (Å²) in [6.45, 7) is 0. The van der Waals surface area contributed by atoms with Crippen LogP contribution in [0.3, 0.4) is 0 Å². The number of nitrogens with one attached hydrogen (secondary N) is 1. The number of benzene rings is 3. The fourth-order valence-corrected chi connectivity index (χ4v) is 2.90. The van der Waals surface area contributed by atoms with Gasteiger partial charge in [-0.25, -0.2) is 0 Å². The summed E-state index contributed by atoms with van der Waals surface area (Å²) in [6, 6.07) is 23.3. The van der Waals surface area contributed by atoms with E-state index < -0.39 is 0 Å². The van der Waals surface area contributed by atoms with Crippen molar-refractivity contribution in [3.63, 3.8) is 0 Å². The highest BCUT2D eigenvalue weighted by molar-refractivity contribution is 5.86. The quantitative estimate of drug-likeness (QED) is 0.714. The van der Waals surface area contributed by atoms with E-state index in [1.165, 1.54) is 21.9 Å². The molecule has 0 radical (unpaired) electrons. The van der Waals surface area contributed by atoms with Crippen LogP contribution in [0.5, 0.6) is 5.75 Å². The summed E-state index contributed by atoms with van der Waals surface area (Å²) in [5.74, 6) is 0.934. The normalized spacial score (nSPS) is 17.5. The molecule has 1 N–H and O–H groups in total. The molecule has 1 aliphatic rings. The standard InChI is InChI=1S/C18H15NO/c1-3-9-15-13(6-1)8-5-10-16(15)17-12-14-7-2-4-11-18(14)20-19-17/h1-11,17,19H,12H2. The zero-order valence-corrected chi connectivity index (χ0v) is 11.0. The van der Waals surface area contributed by atoms with Gasteiger partial charge in [-0.3, -0.25) is 0 Å². The first kappa shape index (κ1) is 11.5. The molecule has 3 aromatic carbocycles. The molecule has 0 bridgehead atoms. The molecule has 0 saturated carbocycles. The highest BCUT2D eigenvalue weighted by Crippen LogP contribution is 2.32. The molecule has 0 saturated heterocycles. The van der Waals surface area contributed by atoms with Crippen LogP contribution in [0, 0.1) is 0 Å². The van der Waals surface area contributed by atoms with Gasteiger partial charge in [-0.2, -0.15) is 0 Å². The van der Waals surface area contributed by atoms with Gasteiger partial charge in [-0.05, 0) is 34.4 Å². The van der Waals surface area contributed by atoms with E-state index in [0.29, 0.717) is 0 Å². The Balaban J connectivity index is 1.78. The van der Waals surface area contributed by atoms with E-state index in [2.05, 4.69) is 60.1 Å². The molecule has 98 valence electrons. The average molecular weight is 261 g/mol. The molecule has 0 spiro atoms. The van der Waals surface area contributed by atoms with Gasteiger partial charge in [0.2, 0.25) is 0 Å². The Kier molecular flexibility index (Phi) is 2.68. The van der Waals surface area contributed by atoms with Crippen molar-refractivity contribution in [3.05, 3.63) is 77.9 Å². The third-order valence-corrected chi connectivity index (χ3v) is 3.91. The van der Waals surface area contributed by atoms with Crippen LogP contribution in [0.25, 0.3) is 10.8 Å². The summed E-state index contributed by atoms with van der Waals surface area (Å²) in [6.07, 6.45) is 0.949. The second kappa shape index (κ2) is 4.66. The van der Waals surface area contributed by atoms with Gasteiger partial charge < -0.3 is 4.84 Å². The maximum absolute atomic E-state index is 5.69. The van der Waals surface area contributed by atoms with Crippen molar-refractivity contribution in [2.45, 2.75) is 12.5 Å². The molecule has 1 aliphatic heterocycles. The number of hydroxylamine groups is 1. The predicted octanol–water partition coefficient (Wildman–Crippen LogP) is 4.02. The van der Waals surface area contributed by atoms with Crippen molar-refractivity contribution < 1.29 is 4.84 Å². The molecule has 3 aromatic rings. The average Bonchev–Trinajstić information content (AvgIpc) is 2.54. The molecule has 20 heavy (non-hydrogen) atoms. The Labute approximate surface area is 118 Å². The van der Waals surface area contributed by atoms with Gasteiger partial charge in [0.15, 0.2) is 0 Å². The topological polar surface area (TPSA) is 21.3 Å². The molecule has 0 fully saturated rings. The summed E-state index contributed by atoms with van der Waals surface area (Å²) >= 11 is 0. The second-order valence-electron chi connectivity index (χ2n) is 5.15. The molecule has 1 atom stereocenters. The lowest BCUT2D eigenvalue weighted by Gasteiger charge is -2.27. The van der Waals surface area contributed by atoms with Crippen LogP contribution in [0.15, 0.2) is 66.7 Å². The van der Waals surface area contributed by atoms with E-state index in [0.717, 1.165) is 12.2 Å². The highest BCUT2D eigenvalue weighted by Gasteiger charge is 2.21. The van der Waals surface area contributed by atoms with Gasteiger partial charge in [-0.15, -0.1) is 5.48 Å². The Bertz CT molecular complexity index is 761. The largest absolute Gasteiger partial charge is 0.408 e. The number of para-hydroxylation sites is 1. The Morgan fingerprint density at radius 2 is 1.65 bits per heavy atom. The lowest BCUT2D eigenvalue weighted by Crippen LogP contribution is -2.31. The summed E-state index contributed by atoms with van der Waals surface area (Å²) in [5.41, 5.74) is 5.73. The van der Waals surface area contributed by atoms with E-state index in [1.807, 2.05) is 12.1 Å². The molecule has 1 heterocycles. The first-order chi connectivity index (χ1) is 9.92. The van der Waals surface area contributed by atoms with Gasteiger partial charge in [-0.1, -0.05) is 60.7 Å². The van der Waals surface area contributed by atoms with Crippen molar-refractivity contribution >= 4 is 10.8 Å². The summed E-state index contributed by atoms with van der Waals surface area (Å²) in [4.78, 5) is 5.69. The lowest BCUT2D eigenvalue weighted by atomic mass is 9.93. The number of hydrogen-bond donors (Lipinski definition) is 1. The summed E-state index contributed by atoms with van der Waals surface area (Å²) in [5, 5.41) is 2.56. The second-order valence-corrected chi connectivity index (χ2v) is 5.15. The maximum Gasteiger partial charge on any atom is 0.150 e. The summed E-state index contributed by atoms with van der Waals surface area (Å²) in [7, 11) is 0. The van der Waals surface area contributed by atoms with Crippen LogP contribution in [-0.2, 0) is 6.42 Å². The van der Waals surface area contributed by atoms with Crippen molar-refractivity contribution in [1.29, 1.82) is 0 Å². The Hall–Kier alpha value is -2.32. The van der Waals surface area contributed by atoms with E-state index >= 15 is 0 Å². The highest BCUT2D eigenvalue weighted by atomic mass is 16.6. The van der Waals surface area contributed by atoms with Crippen LogP contribution in [0.2, 0.25) is 0 Å².